The topological polar surface area (TPSA) is 76.2 Å². The minimum absolute atomic E-state index is 0.0503. The molecule has 0 atom stereocenters. The predicted molar refractivity (Wildman–Crippen MR) is 104 cm³/mol. The molecule has 142 valence electrons. The fourth-order valence-electron chi connectivity index (χ4n) is 2.56. The molecule has 2 aromatic rings. The van der Waals surface area contributed by atoms with Crippen molar-refractivity contribution in [2.45, 2.75) is 41.0 Å². The van der Waals surface area contributed by atoms with Gasteiger partial charge in [0.2, 0.25) is 5.91 Å². The largest absolute Gasteiger partial charge is 0.493 e. The van der Waals surface area contributed by atoms with E-state index in [1.807, 2.05) is 39.0 Å². The third-order valence-corrected chi connectivity index (χ3v) is 4.03. The molecule has 6 nitrogen and oxygen atoms in total. The summed E-state index contributed by atoms with van der Waals surface area (Å²) in [5, 5.41) is 10.6. The highest BCUT2D eigenvalue weighted by molar-refractivity contribution is 5.98. The number of nitrogens with zero attached hydrogens (tertiary/aromatic N) is 1. The number of carbonyl (C=O) groups excluding carboxylic acids is 1. The van der Waals surface area contributed by atoms with E-state index < -0.39 is 5.41 Å². The fraction of sp³-hybridized carbons (Fsp3) is 0.500. The van der Waals surface area contributed by atoms with Gasteiger partial charge in [0.1, 0.15) is 5.69 Å². The summed E-state index contributed by atoms with van der Waals surface area (Å²) in [6.07, 6.45) is 0.792. The van der Waals surface area contributed by atoms with Gasteiger partial charge in [0.15, 0.2) is 11.5 Å². The van der Waals surface area contributed by atoms with Crippen LogP contribution in [0.15, 0.2) is 18.2 Å². The van der Waals surface area contributed by atoms with Gasteiger partial charge in [0, 0.05) is 11.0 Å². The van der Waals surface area contributed by atoms with E-state index in [4.69, 9.17) is 9.47 Å². The Labute approximate surface area is 155 Å². The van der Waals surface area contributed by atoms with Gasteiger partial charge in [-0.3, -0.25) is 9.89 Å². The number of H-pyrrole nitrogens is 1. The van der Waals surface area contributed by atoms with Crippen molar-refractivity contribution in [3.8, 4) is 22.8 Å². The number of aromatic nitrogens is 2. The molecular formula is C20H29N3O3. The number of aromatic amines is 1. The molecule has 0 unspecified atom stereocenters. The van der Waals surface area contributed by atoms with Gasteiger partial charge in [-0.2, -0.15) is 5.10 Å². The number of hydrogen-bond acceptors (Lipinski definition) is 4. The molecule has 1 heterocycles. The van der Waals surface area contributed by atoms with Gasteiger partial charge in [-0.15, -0.1) is 0 Å². The van der Waals surface area contributed by atoms with Crippen LogP contribution in [0.5, 0.6) is 11.5 Å². The highest BCUT2D eigenvalue weighted by Gasteiger charge is 2.25. The molecule has 0 spiro atoms. The van der Waals surface area contributed by atoms with E-state index >= 15 is 0 Å². The summed E-state index contributed by atoms with van der Waals surface area (Å²) < 4.78 is 10.7. The summed E-state index contributed by atoms with van der Waals surface area (Å²) in [4.78, 5) is 12.6. The second-order valence-corrected chi connectivity index (χ2v) is 7.80. The monoisotopic (exact) mass is 359 g/mol. The Morgan fingerprint density at radius 3 is 2.38 bits per heavy atom. The summed E-state index contributed by atoms with van der Waals surface area (Å²) in [7, 11) is 3.19. The zero-order valence-electron chi connectivity index (χ0n) is 16.7. The van der Waals surface area contributed by atoms with Crippen molar-refractivity contribution in [2.24, 2.45) is 11.3 Å². The average Bonchev–Trinajstić information content (AvgIpc) is 2.95. The van der Waals surface area contributed by atoms with Gasteiger partial charge in [-0.25, -0.2) is 0 Å². The van der Waals surface area contributed by atoms with Crippen molar-refractivity contribution in [3.63, 3.8) is 0 Å². The molecule has 2 N–H and O–H groups in total. The lowest BCUT2D eigenvalue weighted by Crippen LogP contribution is -2.28. The third kappa shape index (κ3) is 4.36. The van der Waals surface area contributed by atoms with E-state index in [1.165, 1.54) is 0 Å². The van der Waals surface area contributed by atoms with Crippen molar-refractivity contribution in [1.82, 2.24) is 10.2 Å². The van der Waals surface area contributed by atoms with Crippen LogP contribution < -0.4 is 14.8 Å². The highest BCUT2D eigenvalue weighted by Crippen LogP contribution is 2.36. The smallest absolute Gasteiger partial charge is 0.229 e. The number of rotatable bonds is 6. The van der Waals surface area contributed by atoms with E-state index in [-0.39, 0.29) is 5.91 Å². The molecule has 0 saturated carbocycles. The molecule has 0 bridgehead atoms. The standard InChI is InChI=1S/C20H29N3O3/c1-12(2)10-14-18(21-19(24)20(3,4)5)17(23-22-14)13-8-9-15(25-6)16(11-13)26-7/h8-9,11-12H,10H2,1-7H3,(H,21,24)(H,22,23). The van der Waals surface area contributed by atoms with Gasteiger partial charge in [-0.05, 0) is 30.5 Å². The van der Waals surface area contributed by atoms with Crippen LogP contribution in [0.25, 0.3) is 11.3 Å². The Morgan fingerprint density at radius 2 is 1.85 bits per heavy atom. The number of methoxy groups -OCH3 is 2. The van der Waals surface area contributed by atoms with Gasteiger partial charge < -0.3 is 14.8 Å². The minimum Gasteiger partial charge on any atom is -0.493 e. The molecule has 0 aliphatic rings. The maximum absolute atomic E-state index is 12.6. The number of amides is 1. The van der Waals surface area contributed by atoms with Gasteiger partial charge in [0.05, 0.1) is 25.6 Å². The zero-order chi connectivity index (χ0) is 19.5. The second kappa shape index (κ2) is 7.81. The second-order valence-electron chi connectivity index (χ2n) is 7.80. The number of anilines is 1. The molecule has 1 aromatic heterocycles. The summed E-state index contributed by atoms with van der Waals surface area (Å²) in [6.45, 7) is 9.93. The average molecular weight is 359 g/mol. The number of ether oxygens (including phenoxy) is 2. The fourth-order valence-corrected chi connectivity index (χ4v) is 2.56. The number of nitrogens with one attached hydrogen (secondary N) is 2. The van der Waals surface area contributed by atoms with Crippen LogP contribution in [0.4, 0.5) is 5.69 Å². The molecule has 0 radical (unpaired) electrons. The molecule has 0 saturated heterocycles. The van der Waals surface area contributed by atoms with Crippen LogP contribution in [-0.2, 0) is 11.2 Å². The Balaban J connectivity index is 2.51. The first-order chi connectivity index (χ1) is 12.2. The van der Waals surface area contributed by atoms with Crippen LogP contribution in [0.3, 0.4) is 0 Å². The van der Waals surface area contributed by atoms with Gasteiger partial charge in [0.25, 0.3) is 0 Å². The summed E-state index contributed by atoms with van der Waals surface area (Å²) in [5.74, 6) is 1.64. The van der Waals surface area contributed by atoms with Crippen molar-refractivity contribution in [1.29, 1.82) is 0 Å². The van der Waals surface area contributed by atoms with Crippen LogP contribution in [0.1, 0.15) is 40.3 Å². The predicted octanol–water partition coefficient (Wildman–Crippen LogP) is 4.28. The molecule has 26 heavy (non-hydrogen) atoms. The summed E-state index contributed by atoms with van der Waals surface area (Å²) in [5.41, 5.74) is 2.69. The van der Waals surface area contributed by atoms with Crippen molar-refractivity contribution >= 4 is 11.6 Å². The summed E-state index contributed by atoms with van der Waals surface area (Å²) >= 11 is 0. The number of benzene rings is 1. The van der Waals surface area contributed by atoms with E-state index in [9.17, 15) is 4.79 Å². The third-order valence-electron chi connectivity index (χ3n) is 4.03. The lowest BCUT2D eigenvalue weighted by Gasteiger charge is -2.19. The van der Waals surface area contributed by atoms with Crippen LogP contribution in [-0.4, -0.2) is 30.3 Å². The van der Waals surface area contributed by atoms with E-state index in [2.05, 4.69) is 29.4 Å². The molecule has 2 rings (SSSR count). The number of carbonyl (C=O) groups is 1. The molecular weight excluding hydrogens is 330 g/mol. The summed E-state index contributed by atoms with van der Waals surface area (Å²) in [6, 6.07) is 5.60. The van der Waals surface area contributed by atoms with Crippen LogP contribution in [0.2, 0.25) is 0 Å². The van der Waals surface area contributed by atoms with E-state index in [0.29, 0.717) is 23.1 Å². The van der Waals surface area contributed by atoms with Crippen molar-refractivity contribution < 1.29 is 14.3 Å². The zero-order valence-corrected chi connectivity index (χ0v) is 16.7. The first kappa shape index (κ1) is 19.8. The Kier molecular flexibility index (Phi) is 5.95. The molecule has 0 aliphatic heterocycles. The number of hydrogen-bond donors (Lipinski definition) is 2. The highest BCUT2D eigenvalue weighted by atomic mass is 16.5. The molecule has 1 amide bonds. The maximum atomic E-state index is 12.6. The normalized spacial score (nSPS) is 11.5. The molecule has 1 aromatic carbocycles. The Bertz CT molecular complexity index is 773. The van der Waals surface area contributed by atoms with Crippen LogP contribution >= 0.6 is 0 Å². The van der Waals surface area contributed by atoms with E-state index in [0.717, 1.165) is 23.4 Å². The van der Waals surface area contributed by atoms with E-state index in [1.54, 1.807) is 14.2 Å². The molecule has 0 fully saturated rings. The lowest BCUT2D eigenvalue weighted by atomic mass is 9.95. The van der Waals surface area contributed by atoms with Crippen LogP contribution in [0, 0.1) is 11.3 Å². The maximum Gasteiger partial charge on any atom is 0.229 e. The van der Waals surface area contributed by atoms with Gasteiger partial charge in [-0.1, -0.05) is 34.6 Å². The first-order valence-corrected chi connectivity index (χ1v) is 8.78. The Hall–Kier alpha value is -2.50. The van der Waals surface area contributed by atoms with Gasteiger partial charge >= 0.3 is 0 Å². The first-order valence-electron chi connectivity index (χ1n) is 8.78. The SMILES string of the molecule is COc1ccc(-c2n[nH]c(CC(C)C)c2NC(=O)C(C)(C)C)cc1OC. The molecule has 6 heteroatoms. The quantitative estimate of drug-likeness (QED) is 0.807. The van der Waals surface area contributed by atoms with Crippen molar-refractivity contribution in [3.05, 3.63) is 23.9 Å². The van der Waals surface area contributed by atoms with Crippen molar-refractivity contribution in [2.75, 3.05) is 19.5 Å². The minimum atomic E-state index is -0.499. The Morgan fingerprint density at radius 1 is 1.19 bits per heavy atom. The molecule has 0 aliphatic carbocycles. The lowest BCUT2D eigenvalue weighted by molar-refractivity contribution is -0.123.